The number of nitrogens with zero attached hydrogens (tertiary/aromatic N) is 2. The highest BCUT2D eigenvalue weighted by molar-refractivity contribution is 5.90. The Balaban J connectivity index is 1.74. The van der Waals surface area contributed by atoms with Crippen LogP contribution in [0.3, 0.4) is 0 Å². The van der Waals surface area contributed by atoms with Gasteiger partial charge in [0.15, 0.2) is 16.8 Å². The first-order valence-electron chi connectivity index (χ1n) is 6.62. The van der Waals surface area contributed by atoms with Gasteiger partial charge in [0.25, 0.3) is 0 Å². The molecule has 0 saturated carbocycles. The Bertz CT molecular complexity index is 795. The van der Waals surface area contributed by atoms with Crippen LogP contribution in [0.25, 0.3) is 11.0 Å². The van der Waals surface area contributed by atoms with E-state index in [0.29, 0.717) is 22.5 Å². The lowest BCUT2D eigenvalue weighted by molar-refractivity contribution is 0.314. The van der Waals surface area contributed by atoms with E-state index in [2.05, 4.69) is 22.4 Å². The minimum atomic E-state index is 0.530. The van der Waals surface area contributed by atoms with Crippen LogP contribution in [0.2, 0.25) is 0 Å². The van der Waals surface area contributed by atoms with Crippen molar-refractivity contribution >= 4 is 16.7 Å². The normalized spacial score (nSPS) is 13.6. The van der Waals surface area contributed by atoms with Gasteiger partial charge in [0, 0.05) is 0 Å². The number of nitrogen functional groups attached to an aromatic ring is 1. The van der Waals surface area contributed by atoms with Crippen LogP contribution in [-0.2, 0) is 12.8 Å². The molecule has 0 aliphatic heterocycles. The average molecular weight is 267 g/mol. The zero-order valence-electron chi connectivity index (χ0n) is 10.8. The highest BCUT2D eigenvalue weighted by Crippen LogP contribution is 2.33. The van der Waals surface area contributed by atoms with Crippen LogP contribution in [0.1, 0.15) is 17.5 Å². The van der Waals surface area contributed by atoms with Gasteiger partial charge in [-0.25, -0.2) is 4.63 Å². The van der Waals surface area contributed by atoms with Crippen LogP contribution in [-0.4, -0.2) is 10.3 Å². The summed E-state index contributed by atoms with van der Waals surface area (Å²) in [7, 11) is 0. The van der Waals surface area contributed by atoms with Crippen molar-refractivity contribution in [2.45, 2.75) is 19.3 Å². The Labute approximate surface area is 115 Å². The van der Waals surface area contributed by atoms with Crippen LogP contribution in [0, 0.1) is 0 Å². The summed E-state index contributed by atoms with van der Waals surface area (Å²) in [5, 5.41) is 7.64. The molecule has 2 aromatic carbocycles. The van der Waals surface area contributed by atoms with Gasteiger partial charge in [-0.15, -0.1) is 0 Å². The highest BCUT2D eigenvalue weighted by atomic mass is 16.6. The first kappa shape index (κ1) is 11.3. The van der Waals surface area contributed by atoms with E-state index < -0.39 is 0 Å². The molecule has 5 nitrogen and oxygen atoms in total. The van der Waals surface area contributed by atoms with E-state index in [1.54, 1.807) is 12.1 Å². The smallest absolute Gasteiger partial charge is 0.179 e. The molecule has 1 aliphatic rings. The number of rotatable bonds is 2. The second-order valence-corrected chi connectivity index (χ2v) is 5.00. The summed E-state index contributed by atoms with van der Waals surface area (Å²) in [5.74, 6) is 1.41. The molecule has 0 bridgehead atoms. The topological polar surface area (TPSA) is 74.2 Å². The van der Waals surface area contributed by atoms with Gasteiger partial charge in [0.05, 0.1) is 5.69 Å². The summed E-state index contributed by atoms with van der Waals surface area (Å²) in [5.41, 5.74) is 10.2. The van der Waals surface area contributed by atoms with Crippen molar-refractivity contribution < 1.29 is 9.37 Å². The van der Waals surface area contributed by atoms with Gasteiger partial charge >= 0.3 is 0 Å². The molecule has 100 valence electrons. The van der Waals surface area contributed by atoms with Gasteiger partial charge in [-0.2, -0.15) is 0 Å². The number of fused-ring (bicyclic) bond motifs is 2. The quantitative estimate of drug-likeness (QED) is 0.722. The van der Waals surface area contributed by atoms with Crippen molar-refractivity contribution in [2.75, 3.05) is 5.73 Å². The minimum absolute atomic E-state index is 0.530. The van der Waals surface area contributed by atoms with Crippen molar-refractivity contribution in [1.82, 2.24) is 10.3 Å². The van der Waals surface area contributed by atoms with E-state index in [-0.39, 0.29) is 0 Å². The molecule has 4 rings (SSSR count). The van der Waals surface area contributed by atoms with Crippen LogP contribution in [0.5, 0.6) is 11.5 Å². The summed E-state index contributed by atoms with van der Waals surface area (Å²) in [4.78, 5) is 0. The van der Waals surface area contributed by atoms with Crippen LogP contribution in [0.15, 0.2) is 35.0 Å². The molecule has 0 radical (unpaired) electrons. The molecule has 0 spiro atoms. The molecule has 1 heterocycles. The van der Waals surface area contributed by atoms with Crippen molar-refractivity contribution in [3.63, 3.8) is 0 Å². The Morgan fingerprint density at radius 3 is 2.80 bits per heavy atom. The maximum absolute atomic E-state index is 5.91. The first-order valence-corrected chi connectivity index (χ1v) is 6.62. The van der Waals surface area contributed by atoms with Crippen LogP contribution < -0.4 is 10.5 Å². The molecule has 0 atom stereocenters. The standard InChI is InChI=1S/C15H13N3O2/c16-12-6-7-13(15-14(12)17-20-18-15)19-11-5-4-9-2-1-3-10(9)8-11/h4-8H,1-3,16H2. The fourth-order valence-corrected chi connectivity index (χ4v) is 2.68. The first-order chi connectivity index (χ1) is 9.81. The van der Waals surface area contributed by atoms with Gasteiger partial charge in [-0.3, -0.25) is 0 Å². The van der Waals surface area contributed by atoms with Crippen LogP contribution >= 0.6 is 0 Å². The summed E-state index contributed by atoms with van der Waals surface area (Å²) in [6.07, 6.45) is 3.50. The van der Waals surface area contributed by atoms with Crippen molar-refractivity contribution in [3.8, 4) is 11.5 Å². The lowest BCUT2D eigenvalue weighted by Gasteiger charge is -2.08. The number of hydrogen-bond acceptors (Lipinski definition) is 5. The average Bonchev–Trinajstić information content (AvgIpc) is 3.10. The second kappa shape index (κ2) is 4.23. The van der Waals surface area contributed by atoms with Crippen molar-refractivity contribution in [2.24, 2.45) is 0 Å². The number of anilines is 1. The second-order valence-electron chi connectivity index (χ2n) is 5.00. The lowest BCUT2D eigenvalue weighted by Crippen LogP contribution is -1.91. The molecular formula is C15H13N3O2. The molecule has 0 saturated heterocycles. The Morgan fingerprint density at radius 2 is 1.85 bits per heavy atom. The number of benzene rings is 2. The number of hydrogen-bond donors (Lipinski definition) is 1. The van der Waals surface area contributed by atoms with E-state index in [4.69, 9.17) is 15.1 Å². The van der Waals surface area contributed by atoms with Gasteiger partial charge in [-0.05, 0) is 65.0 Å². The number of ether oxygens (including phenoxy) is 1. The summed E-state index contributed by atoms with van der Waals surface area (Å²) in [6, 6.07) is 9.75. The van der Waals surface area contributed by atoms with Gasteiger partial charge in [0.1, 0.15) is 5.75 Å². The molecule has 2 N–H and O–H groups in total. The SMILES string of the molecule is Nc1ccc(Oc2ccc3c(c2)CCC3)c2nonc12. The monoisotopic (exact) mass is 267 g/mol. The minimum Gasteiger partial charge on any atom is -0.455 e. The molecule has 0 unspecified atom stereocenters. The van der Waals surface area contributed by atoms with Crippen molar-refractivity contribution in [3.05, 3.63) is 41.5 Å². The largest absolute Gasteiger partial charge is 0.455 e. The Hall–Kier alpha value is -2.56. The third-order valence-electron chi connectivity index (χ3n) is 3.71. The van der Waals surface area contributed by atoms with E-state index in [1.165, 1.54) is 17.5 Å². The fraction of sp³-hybridized carbons (Fsp3) is 0.200. The third kappa shape index (κ3) is 1.71. The molecule has 0 fully saturated rings. The summed E-state index contributed by atoms with van der Waals surface area (Å²) < 4.78 is 10.7. The molecule has 5 heteroatoms. The molecular weight excluding hydrogens is 254 g/mol. The highest BCUT2D eigenvalue weighted by Gasteiger charge is 2.14. The van der Waals surface area contributed by atoms with E-state index >= 15 is 0 Å². The maximum Gasteiger partial charge on any atom is 0.179 e. The number of nitrogens with two attached hydrogens (primary N) is 1. The zero-order valence-corrected chi connectivity index (χ0v) is 10.8. The zero-order chi connectivity index (χ0) is 13.5. The molecule has 20 heavy (non-hydrogen) atoms. The summed E-state index contributed by atoms with van der Waals surface area (Å²) >= 11 is 0. The third-order valence-corrected chi connectivity index (χ3v) is 3.71. The van der Waals surface area contributed by atoms with E-state index in [1.807, 2.05) is 6.07 Å². The fourth-order valence-electron chi connectivity index (χ4n) is 2.68. The molecule has 1 aromatic heterocycles. The summed E-state index contributed by atoms with van der Waals surface area (Å²) in [6.45, 7) is 0. The predicted molar refractivity (Wildman–Crippen MR) is 74.8 cm³/mol. The maximum atomic E-state index is 5.91. The Morgan fingerprint density at radius 1 is 1.00 bits per heavy atom. The van der Waals surface area contributed by atoms with Gasteiger partial charge < -0.3 is 10.5 Å². The van der Waals surface area contributed by atoms with Crippen molar-refractivity contribution in [1.29, 1.82) is 0 Å². The lowest BCUT2D eigenvalue weighted by atomic mass is 10.1. The number of aryl methyl sites for hydroxylation is 2. The van der Waals surface area contributed by atoms with E-state index in [9.17, 15) is 0 Å². The van der Waals surface area contributed by atoms with Gasteiger partial charge in [-0.1, -0.05) is 6.07 Å². The van der Waals surface area contributed by atoms with Crippen LogP contribution in [0.4, 0.5) is 5.69 Å². The van der Waals surface area contributed by atoms with Gasteiger partial charge in [0.2, 0.25) is 0 Å². The molecule has 0 amide bonds. The molecule has 1 aliphatic carbocycles. The van der Waals surface area contributed by atoms with E-state index in [0.717, 1.165) is 18.6 Å². The number of aromatic nitrogens is 2. The molecule has 3 aromatic rings. The Kier molecular flexibility index (Phi) is 2.39. The predicted octanol–water partition coefficient (Wildman–Crippen LogP) is 3.09.